The maximum Gasteiger partial charge on any atom is 0.306 e. The number of unbranched alkanes of at least 4 members (excludes halogenated alkanes) is 15. The zero-order valence-corrected chi connectivity index (χ0v) is 46.0. The van der Waals surface area contributed by atoms with Gasteiger partial charge in [0.05, 0.1) is 26.4 Å². The SMILES string of the molecule is CC/C=C\C/C=C\C/C=C\C/C=C\C/C=C\C/C=C\CCCCC(=O)OC(COCCCCCCCCCCCC/C=C\C/C=C\CCCCC)COC1OC(COC2OC(CO)C(O)C(O)C2O)C(O)C(O)C1O. The molecule has 2 rings (SSSR count). The maximum atomic E-state index is 13.1. The summed E-state index contributed by atoms with van der Waals surface area (Å²) in [6.07, 6.45) is 46.1. The summed E-state index contributed by atoms with van der Waals surface area (Å²) in [4.78, 5) is 13.1. The van der Waals surface area contributed by atoms with Crippen LogP contribution < -0.4 is 0 Å². The highest BCUT2D eigenvalue weighted by Crippen LogP contribution is 2.26. The fourth-order valence-electron chi connectivity index (χ4n) is 8.44. The summed E-state index contributed by atoms with van der Waals surface area (Å²) in [5.41, 5.74) is 0. The number of aliphatic hydroxyl groups is 7. The number of aliphatic hydroxyl groups excluding tert-OH is 7. The number of esters is 1. The van der Waals surface area contributed by atoms with Crippen LogP contribution in [0.1, 0.15) is 181 Å². The van der Waals surface area contributed by atoms with Crippen molar-refractivity contribution in [1.82, 2.24) is 0 Å². The summed E-state index contributed by atoms with van der Waals surface area (Å²) in [5.74, 6) is -0.422. The van der Waals surface area contributed by atoms with Crippen LogP contribution in [0, 0.1) is 0 Å². The Bertz CT molecular complexity index is 1610. The first-order valence-electron chi connectivity index (χ1n) is 28.8. The molecule has 14 heteroatoms. The van der Waals surface area contributed by atoms with E-state index in [1.165, 1.54) is 70.6 Å². The molecule has 75 heavy (non-hydrogen) atoms. The van der Waals surface area contributed by atoms with Gasteiger partial charge in [-0.15, -0.1) is 0 Å². The van der Waals surface area contributed by atoms with Crippen molar-refractivity contribution in [3.05, 3.63) is 97.2 Å². The van der Waals surface area contributed by atoms with E-state index in [1.54, 1.807) is 0 Å². The predicted octanol–water partition coefficient (Wildman–Crippen LogP) is 10.2. The number of carbonyl (C=O) groups excluding carboxylic acids is 1. The molecule has 0 saturated carbocycles. The number of allylic oxidation sites excluding steroid dienone is 16. The van der Waals surface area contributed by atoms with E-state index in [1.807, 2.05) is 0 Å². The molecule has 2 fully saturated rings. The second kappa shape index (κ2) is 47.0. The molecule has 430 valence electrons. The highest BCUT2D eigenvalue weighted by atomic mass is 16.7. The molecule has 0 aromatic heterocycles. The van der Waals surface area contributed by atoms with Gasteiger partial charge in [0.25, 0.3) is 0 Å². The normalized spacial score (nSPS) is 25.3. The zero-order valence-electron chi connectivity index (χ0n) is 46.0. The molecule has 2 aliphatic heterocycles. The van der Waals surface area contributed by atoms with E-state index in [2.05, 4.69) is 111 Å². The van der Waals surface area contributed by atoms with Gasteiger partial charge in [0.15, 0.2) is 12.6 Å². The van der Waals surface area contributed by atoms with Gasteiger partial charge in [-0.05, 0) is 96.3 Å². The van der Waals surface area contributed by atoms with E-state index < -0.39 is 86.7 Å². The fourth-order valence-corrected chi connectivity index (χ4v) is 8.44. The van der Waals surface area contributed by atoms with Crippen LogP contribution >= 0.6 is 0 Å². The molecule has 2 saturated heterocycles. The Hall–Kier alpha value is -3.09. The lowest BCUT2D eigenvalue weighted by atomic mass is 9.98. The van der Waals surface area contributed by atoms with Crippen molar-refractivity contribution < 1.29 is 69.0 Å². The first kappa shape index (κ1) is 68.0. The van der Waals surface area contributed by atoms with Gasteiger partial charge >= 0.3 is 5.97 Å². The standard InChI is InChI=1S/C61H102O14/c1-3-5-7-9-11-13-15-17-19-21-23-25-26-28-30-32-34-36-38-40-42-44-53(63)73-50(47-70-45-43-41-39-37-35-33-31-29-27-24-22-20-18-16-14-12-10-8-6-4-2)48-71-60-59(69)57(67)55(65)52(75-60)49-72-61-58(68)56(66)54(64)51(46-62)74-61/h5,7,11-14,17-20,23,25,28,30,34,36,50-52,54-62,64-69H,3-4,6,8-10,15-16,21-22,24,26-27,29,31-33,35,37-49H2,1-2H3/b7-5-,13-11-,14-12-,19-17-,20-18-,25-23-,30-28-,36-34-. The summed E-state index contributed by atoms with van der Waals surface area (Å²) < 4.78 is 34.3. The second-order valence-corrected chi connectivity index (χ2v) is 19.7. The van der Waals surface area contributed by atoms with Crippen molar-refractivity contribution in [3.63, 3.8) is 0 Å². The minimum Gasteiger partial charge on any atom is -0.457 e. The molecular weight excluding hydrogens is 957 g/mol. The van der Waals surface area contributed by atoms with E-state index in [-0.39, 0.29) is 19.6 Å². The molecule has 0 bridgehead atoms. The molecular formula is C61H102O14. The number of hydrogen-bond donors (Lipinski definition) is 7. The Kier molecular flexibility index (Phi) is 42.6. The first-order valence-corrected chi connectivity index (χ1v) is 28.8. The molecule has 7 N–H and O–H groups in total. The van der Waals surface area contributed by atoms with Gasteiger partial charge in [-0.1, -0.05) is 175 Å². The van der Waals surface area contributed by atoms with Crippen molar-refractivity contribution in [2.24, 2.45) is 0 Å². The van der Waals surface area contributed by atoms with Crippen molar-refractivity contribution in [3.8, 4) is 0 Å². The molecule has 14 nitrogen and oxygen atoms in total. The zero-order chi connectivity index (χ0) is 54.4. The lowest BCUT2D eigenvalue weighted by molar-refractivity contribution is -0.332. The van der Waals surface area contributed by atoms with Crippen LogP contribution in [0.15, 0.2) is 97.2 Å². The van der Waals surface area contributed by atoms with E-state index in [4.69, 9.17) is 28.4 Å². The lowest BCUT2D eigenvalue weighted by Crippen LogP contribution is -2.61. The average molecular weight is 1060 g/mol. The Balaban J connectivity index is 1.75. The first-order chi connectivity index (χ1) is 36.6. The van der Waals surface area contributed by atoms with Crippen LogP contribution in [-0.4, -0.2) is 142 Å². The molecule has 0 spiro atoms. The van der Waals surface area contributed by atoms with Crippen molar-refractivity contribution >= 4 is 5.97 Å². The summed E-state index contributed by atoms with van der Waals surface area (Å²) >= 11 is 0. The van der Waals surface area contributed by atoms with Gasteiger partial charge in [-0.3, -0.25) is 4.79 Å². The highest BCUT2D eigenvalue weighted by Gasteiger charge is 2.47. The van der Waals surface area contributed by atoms with Gasteiger partial charge in [0, 0.05) is 13.0 Å². The molecule has 2 aliphatic rings. The highest BCUT2D eigenvalue weighted by molar-refractivity contribution is 5.69. The van der Waals surface area contributed by atoms with Crippen LogP contribution in [0.25, 0.3) is 0 Å². The van der Waals surface area contributed by atoms with E-state index in [9.17, 15) is 40.5 Å². The van der Waals surface area contributed by atoms with Gasteiger partial charge in [-0.25, -0.2) is 0 Å². The quantitative estimate of drug-likeness (QED) is 0.0172. The van der Waals surface area contributed by atoms with Crippen LogP contribution in [0.4, 0.5) is 0 Å². The van der Waals surface area contributed by atoms with Crippen LogP contribution in [-0.2, 0) is 33.2 Å². The Morgan fingerprint density at radius 2 is 0.867 bits per heavy atom. The van der Waals surface area contributed by atoms with Crippen LogP contribution in [0.3, 0.4) is 0 Å². The van der Waals surface area contributed by atoms with Gasteiger partial charge in [0.1, 0.15) is 54.9 Å². The average Bonchev–Trinajstić information content (AvgIpc) is 3.41. The third-order valence-corrected chi connectivity index (χ3v) is 13.1. The summed E-state index contributed by atoms with van der Waals surface area (Å²) in [5, 5.41) is 72.3. The smallest absolute Gasteiger partial charge is 0.306 e. The third-order valence-electron chi connectivity index (χ3n) is 13.1. The third kappa shape index (κ3) is 33.7. The second-order valence-electron chi connectivity index (χ2n) is 19.7. The van der Waals surface area contributed by atoms with Crippen LogP contribution in [0.2, 0.25) is 0 Å². The van der Waals surface area contributed by atoms with E-state index >= 15 is 0 Å². The summed E-state index contributed by atoms with van der Waals surface area (Å²) in [7, 11) is 0. The maximum absolute atomic E-state index is 13.1. The number of carbonyl (C=O) groups is 1. The largest absolute Gasteiger partial charge is 0.457 e. The molecule has 11 atom stereocenters. The minimum atomic E-state index is -1.72. The number of hydrogen-bond acceptors (Lipinski definition) is 14. The van der Waals surface area contributed by atoms with E-state index in [0.29, 0.717) is 13.0 Å². The topological polar surface area (TPSA) is 214 Å². The Morgan fingerprint density at radius 3 is 1.36 bits per heavy atom. The van der Waals surface area contributed by atoms with Gasteiger partial charge in [0.2, 0.25) is 0 Å². The lowest BCUT2D eigenvalue weighted by Gasteiger charge is -2.42. The summed E-state index contributed by atoms with van der Waals surface area (Å²) in [6.45, 7) is 3.47. The molecule has 0 aromatic rings. The molecule has 0 aliphatic carbocycles. The molecule has 0 radical (unpaired) electrons. The van der Waals surface area contributed by atoms with Crippen molar-refractivity contribution in [2.75, 3.05) is 33.0 Å². The number of rotatable bonds is 45. The van der Waals surface area contributed by atoms with Gasteiger partial charge < -0.3 is 64.2 Å². The monoisotopic (exact) mass is 1060 g/mol. The molecule has 0 amide bonds. The molecule has 2 heterocycles. The summed E-state index contributed by atoms with van der Waals surface area (Å²) in [6, 6.07) is 0. The predicted molar refractivity (Wildman–Crippen MR) is 298 cm³/mol. The molecule has 0 aromatic carbocycles. The van der Waals surface area contributed by atoms with Crippen molar-refractivity contribution in [2.45, 2.75) is 248 Å². The van der Waals surface area contributed by atoms with Gasteiger partial charge in [-0.2, -0.15) is 0 Å². The van der Waals surface area contributed by atoms with E-state index in [0.717, 1.165) is 83.5 Å². The van der Waals surface area contributed by atoms with Crippen LogP contribution in [0.5, 0.6) is 0 Å². The molecule has 11 unspecified atom stereocenters. The fraction of sp³-hybridized carbons (Fsp3) is 0.721. The Labute approximate surface area is 452 Å². The van der Waals surface area contributed by atoms with Crippen molar-refractivity contribution in [1.29, 1.82) is 0 Å². The minimum absolute atomic E-state index is 0.0356. The Morgan fingerprint density at radius 1 is 0.453 bits per heavy atom. The number of ether oxygens (including phenoxy) is 6.